The van der Waals surface area contributed by atoms with Crippen molar-refractivity contribution in [3.63, 3.8) is 0 Å². The molecule has 2 saturated carbocycles. The van der Waals surface area contributed by atoms with Gasteiger partial charge in [-0.05, 0) is 25.7 Å². The Morgan fingerprint density at radius 1 is 1.30 bits per heavy atom. The Balaban J connectivity index is 2.06. The van der Waals surface area contributed by atoms with Crippen LogP contribution in [0.25, 0.3) is 0 Å². The zero-order valence-electron chi connectivity index (χ0n) is 20.2. The summed E-state index contributed by atoms with van der Waals surface area (Å²) >= 11 is 0. The van der Waals surface area contributed by atoms with Gasteiger partial charge in [0, 0.05) is 35.3 Å². The summed E-state index contributed by atoms with van der Waals surface area (Å²) in [5.41, 5.74) is -0.602. The van der Waals surface area contributed by atoms with Crippen LogP contribution in [0.2, 0.25) is 0 Å². The summed E-state index contributed by atoms with van der Waals surface area (Å²) in [4.78, 5) is 37.5. The van der Waals surface area contributed by atoms with Gasteiger partial charge in [0.2, 0.25) is 0 Å². The SMILES string of the molecule is C=C1C(=O)OC2C(O)C(C)C3C(OC(=O)C(C)=CC)CC(OC(=O)CC(C)C)C3(C)C(O)C12. The molecule has 33 heavy (non-hydrogen) atoms. The Morgan fingerprint density at radius 2 is 1.94 bits per heavy atom. The van der Waals surface area contributed by atoms with Crippen LogP contribution in [-0.2, 0) is 28.6 Å². The van der Waals surface area contributed by atoms with Crippen LogP contribution in [0.3, 0.4) is 0 Å². The van der Waals surface area contributed by atoms with E-state index in [0.717, 1.165) is 0 Å². The third kappa shape index (κ3) is 4.23. The lowest BCUT2D eigenvalue weighted by molar-refractivity contribution is -0.165. The number of hydrogen-bond donors (Lipinski definition) is 2. The Kier molecular flexibility index (Phi) is 7.10. The van der Waals surface area contributed by atoms with Crippen LogP contribution in [0.15, 0.2) is 23.8 Å². The van der Waals surface area contributed by atoms with Crippen LogP contribution < -0.4 is 0 Å². The molecule has 9 unspecified atom stereocenters. The Hall–Kier alpha value is -2.19. The van der Waals surface area contributed by atoms with Gasteiger partial charge in [0.05, 0.1) is 18.1 Å². The van der Waals surface area contributed by atoms with E-state index < -0.39 is 71.6 Å². The predicted octanol–water partition coefficient (Wildman–Crippen LogP) is 2.32. The van der Waals surface area contributed by atoms with E-state index in [4.69, 9.17) is 14.2 Å². The summed E-state index contributed by atoms with van der Waals surface area (Å²) in [5, 5.41) is 22.8. The minimum atomic E-state index is -1.21. The van der Waals surface area contributed by atoms with E-state index in [1.54, 1.807) is 33.8 Å². The number of rotatable bonds is 5. The number of carbonyl (C=O) groups excluding carboxylic acids is 3. The van der Waals surface area contributed by atoms with Crippen molar-refractivity contribution in [3.8, 4) is 0 Å². The standard InChI is InChI=1S/C25H36O8/c1-8-12(4)23(29)31-15-10-16(32-17(26)9-11(2)3)25(7)19(15)14(6)20(27)21-18(22(25)28)13(5)24(30)33-21/h8,11,14-16,18-22,27-28H,5,9-10H2,1-4,6-7H3. The number of allylic oxidation sites excluding steroid dienone is 1. The van der Waals surface area contributed by atoms with Crippen molar-refractivity contribution < 1.29 is 38.8 Å². The number of esters is 3. The van der Waals surface area contributed by atoms with E-state index in [9.17, 15) is 24.6 Å². The molecule has 0 radical (unpaired) electrons. The maximum absolute atomic E-state index is 12.6. The molecule has 1 heterocycles. The number of ether oxygens (including phenoxy) is 3. The second-order valence-electron chi connectivity index (χ2n) is 10.3. The van der Waals surface area contributed by atoms with Crippen molar-refractivity contribution >= 4 is 17.9 Å². The Morgan fingerprint density at radius 3 is 2.52 bits per heavy atom. The summed E-state index contributed by atoms with van der Waals surface area (Å²) in [6, 6.07) is 0. The maximum atomic E-state index is 12.6. The minimum Gasteiger partial charge on any atom is -0.462 e. The van der Waals surface area contributed by atoms with Gasteiger partial charge in [-0.3, -0.25) is 4.79 Å². The molecule has 8 heteroatoms. The Bertz CT molecular complexity index is 860. The van der Waals surface area contributed by atoms with Crippen molar-refractivity contribution in [3.05, 3.63) is 23.8 Å². The molecule has 0 aromatic carbocycles. The largest absolute Gasteiger partial charge is 0.462 e. The van der Waals surface area contributed by atoms with Gasteiger partial charge >= 0.3 is 17.9 Å². The van der Waals surface area contributed by atoms with Gasteiger partial charge in [0.1, 0.15) is 18.3 Å². The van der Waals surface area contributed by atoms with Gasteiger partial charge in [0.15, 0.2) is 0 Å². The van der Waals surface area contributed by atoms with E-state index in [1.165, 1.54) is 0 Å². The van der Waals surface area contributed by atoms with E-state index in [1.807, 2.05) is 13.8 Å². The highest BCUT2D eigenvalue weighted by Crippen LogP contribution is 2.58. The molecule has 3 aliphatic rings. The van der Waals surface area contributed by atoms with Crippen molar-refractivity contribution in [1.82, 2.24) is 0 Å². The monoisotopic (exact) mass is 464 g/mol. The summed E-state index contributed by atoms with van der Waals surface area (Å²) in [6.45, 7) is 14.5. The van der Waals surface area contributed by atoms with E-state index in [2.05, 4.69) is 6.58 Å². The van der Waals surface area contributed by atoms with Crippen LogP contribution in [0, 0.1) is 29.1 Å². The number of carbonyl (C=O) groups is 3. The van der Waals surface area contributed by atoms with Crippen LogP contribution in [0.4, 0.5) is 0 Å². The molecule has 0 amide bonds. The summed E-state index contributed by atoms with van der Waals surface area (Å²) in [6.07, 6.45) is -2.78. The fraction of sp³-hybridized carbons (Fsp3) is 0.720. The van der Waals surface area contributed by atoms with Crippen molar-refractivity contribution in [2.45, 2.75) is 84.9 Å². The molecule has 3 fully saturated rings. The first-order chi connectivity index (χ1) is 15.3. The smallest absolute Gasteiger partial charge is 0.334 e. The van der Waals surface area contributed by atoms with Gasteiger partial charge in [0.25, 0.3) is 0 Å². The molecule has 0 aromatic heterocycles. The number of aliphatic hydroxyl groups is 2. The first kappa shape index (κ1) is 25.4. The van der Waals surface area contributed by atoms with Crippen molar-refractivity contribution in [2.75, 3.05) is 0 Å². The molecule has 8 nitrogen and oxygen atoms in total. The average molecular weight is 465 g/mol. The zero-order valence-corrected chi connectivity index (χ0v) is 20.2. The summed E-state index contributed by atoms with van der Waals surface area (Å²) < 4.78 is 17.1. The molecular weight excluding hydrogens is 428 g/mol. The molecule has 9 atom stereocenters. The van der Waals surface area contributed by atoms with Gasteiger partial charge in [-0.2, -0.15) is 0 Å². The highest BCUT2D eigenvalue weighted by atomic mass is 16.6. The molecule has 1 aliphatic heterocycles. The molecule has 3 rings (SSSR count). The summed E-state index contributed by atoms with van der Waals surface area (Å²) in [7, 11) is 0. The molecule has 2 aliphatic carbocycles. The molecular formula is C25H36O8. The van der Waals surface area contributed by atoms with E-state index >= 15 is 0 Å². The third-order valence-electron chi connectivity index (χ3n) is 7.80. The molecule has 184 valence electrons. The Labute approximate surface area is 195 Å². The van der Waals surface area contributed by atoms with Gasteiger partial charge in [-0.1, -0.05) is 40.3 Å². The van der Waals surface area contributed by atoms with Crippen LogP contribution in [-0.4, -0.2) is 58.6 Å². The molecule has 1 saturated heterocycles. The van der Waals surface area contributed by atoms with Gasteiger partial charge in [-0.15, -0.1) is 0 Å². The van der Waals surface area contributed by atoms with Crippen LogP contribution >= 0.6 is 0 Å². The van der Waals surface area contributed by atoms with Crippen LogP contribution in [0.1, 0.15) is 54.4 Å². The molecule has 0 bridgehead atoms. The first-order valence-corrected chi connectivity index (χ1v) is 11.6. The quantitative estimate of drug-likeness (QED) is 0.361. The van der Waals surface area contributed by atoms with Crippen LogP contribution in [0.5, 0.6) is 0 Å². The van der Waals surface area contributed by atoms with Gasteiger partial charge in [-0.25, -0.2) is 9.59 Å². The predicted molar refractivity (Wildman–Crippen MR) is 119 cm³/mol. The normalized spacial score (nSPS) is 40.7. The second-order valence-corrected chi connectivity index (χ2v) is 10.3. The topological polar surface area (TPSA) is 119 Å². The average Bonchev–Trinajstić information content (AvgIpc) is 3.16. The lowest BCUT2D eigenvalue weighted by atomic mass is 9.66. The number of fused-ring (bicyclic) bond motifs is 2. The van der Waals surface area contributed by atoms with Crippen molar-refractivity contribution in [2.24, 2.45) is 29.1 Å². The lowest BCUT2D eigenvalue weighted by Gasteiger charge is -2.42. The molecule has 0 aromatic rings. The summed E-state index contributed by atoms with van der Waals surface area (Å²) in [5.74, 6) is -3.43. The van der Waals surface area contributed by atoms with E-state index in [-0.39, 0.29) is 24.3 Å². The molecule has 2 N–H and O–H groups in total. The van der Waals surface area contributed by atoms with Crippen molar-refractivity contribution in [1.29, 1.82) is 0 Å². The number of hydrogen-bond acceptors (Lipinski definition) is 8. The minimum absolute atomic E-state index is 0.0816. The highest BCUT2D eigenvalue weighted by Gasteiger charge is 2.68. The third-order valence-corrected chi connectivity index (χ3v) is 7.80. The second kappa shape index (κ2) is 9.22. The first-order valence-electron chi connectivity index (χ1n) is 11.6. The van der Waals surface area contributed by atoms with E-state index in [0.29, 0.717) is 5.57 Å². The molecule has 0 spiro atoms. The lowest BCUT2D eigenvalue weighted by Crippen LogP contribution is -2.50. The fourth-order valence-electron chi connectivity index (χ4n) is 5.86. The zero-order chi connectivity index (χ0) is 24.8. The fourth-order valence-corrected chi connectivity index (χ4v) is 5.86. The van der Waals surface area contributed by atoms with Gasteiger partial charge < -0.3 is 24.4 Å². The highest BCUT2D eigenvalue weighted by molar-refractivity contribution is 5.91. The maximum Gasteiger partial charge on any atom is 0.334 e. The number of aliphatic hydroxyl groups excluding tert-OH is 2.